The Morgan fingerprint density at radius 1 is 1.00 bits per heavy atom. The second-order valence-electron chi connectivity index (χ2n) is 4.83. The molecule has 0 fully saturated rings. The number of non-ortho nitro benzene ring substituents is 1. The quantitative estimate of drug-likeness (QED) is 0.286. The van der Waals surface area contributed by atoms with E-state index in [9.17, 15) is 24.8 Å². The molecule has 7 nitrogen and oxygen atoms in total. The predicted molar refractivity (Wildman–Crippen MR) is 76.8 cm³/mol. The maximum Gasteiger partial charge on any atom is 0.355 e. The fourth-order valence-electron chi connectivity index (χ4n) is 1.87. The maximum atomic E-state index is 11.7. The standard InChI is InChI=1S/C15H18NO6/c17-14(18)6-4-2-1-3-5-11-22-15(19)12-7-9-13(10-8-12)16(20)21/h7-10H,1-6,11H2. The molecular weight excluding hydrogens is 290 g/mol. The van der Waals surface area contributed by atoms with Gasteiger partial charge < -0.3 is 4.74 Å². The van der Waals surface area contributed by atoms with Gasteiger partial charge in [0.15, 0.2) is 0 Å². The number of benzene rings is 1. The van der Waals surface area contributed by atoms with Crippen molar-refractivity contribution in [1.29, 1.82) is 0 Å². The van der Waals surface area contributed by atoms with E-state index in [0.29, 0.717) is 12.8 Å². The van der Waals surface area contributed by atoms with Gasteiger partial charge in [0, 0.05) is 12.1 Å². The Balaban J connectivity index is 2.15. The number of unbranched alkanes of at least 4 members (excludes halogenated alkanes) is 4. The summed E-state index contributed by atoms with van der Waals surface area (Å²) in [5.74, 6) is -1.54. The zero-order valence-corrected chi connectivity index (χ0v) is 12.2. The molecule has 0 aliphatic heterocycles. The molecule has 0 atom stereocenters. The number of carbonyl (C=O) groups excluding carboxylic acids is 2. The van der Waals surface area contributed by atoms with Gasteiger partial charge in [0.2, 0.25) is 0 Å². The third-order valence-corrected chi connectivity index (χ3v) is 3.07. The minimum Gasteiger partial charge on any atom is -0.462 e. The minimum absolute atomic E-state index is 0.0758. The van der Waals surface area contributed by atoms with Gasteiger partial charge in [-0.2, -0.15) is 0 Å². The summed E-state index contributed by atoms with van der Waals surface area (Å²) in [4.78, 5) is 31.8. The summed E-state index contributed by atoms with van der Waals surface area (Å²) in [6.45, 7) is 0.274. The van der Waals surface area contributed by atoms with Crippen molar-refractivity contribution in [2.45, 2.75) is 38.5 Å². The lowest BCUT2D eigenvalue weighted by Crippen LogP contribution is -2.06. The highest BCUT2D eigenvalue weighted by Gasteiger charge is 2.10. The van der Waals surface area contributed by atoms with Crippen molar-refractivity contribution in [1.82, 2.24) is 0 Å². The van der Waals surface area contributed by atoms with Crippen LogP contribution in [0.25, 0.3) is 0 Å². The van der Waals surface area contributed by atoms with E-state index in [1.165, 1.54) is 24.3 Å². The minimum atomic E-state index is -1.03. The van der Waals surface area contributed by atoms with Crippen LogP contribution in [0.5, 0.6) is 0 Å². The summed E-state index contributed by atoms with van der Waals surface area (Å²) in [5.41, 5.74) is 0.202. The van der Waals surface area contributed by atoms with Crippen LogP contribution < -0.4 is 0 Å². The van der Waals surface area contributed by atoms with Crippen LogP contribution in [0.3, 0.4) is 0 Å². The number of carbonyl (C=O) groups is 2. The lowest BCUT2D eigenvalue weighted by molar-refractivity contribution is -0.384. The van der Waals surface area contributed by atoms with E-state index in [1.54, 1.807) is 0 Å². The van der Waals surface area contributed by atoms with Gasteiger partial charge in [-0.25, -0.2) is 14.7 Å². The van der Waals surface area contributed by atoms with E-state index in [-0.39, 0.29) is 24.3 Å². The molecular formula is C15H18NO6. The fourth-order valence-corrected chi connectivity index (χ4v) is 1.87. The molecule has 1 aromatic rings. The lowest BCUT2D eigenvalue weighted by Gasteiger charge is -2.04. The molecule has 1 aromatic carbocycles. The molecule has 0 aliphatic rings. The number of nitro benzene ring substituents is 1. The molecule has 7 heteroatoms. The van der Waals surface area contributed by atoms with Crippen molar-refractivity contribution < 1.29 is 24.4 Å². The van der Waals surface area contributed by atoms with Gasteiger partial charge in [0.05, 0.1) is 23.5 Å². The predicted octanol–water partition coefficient (Wildman–Crippen LogP) is 3.05. The van der Waals surface area contributed by atoms with Crippen LogP contribution in [-0.4, -0.2) is 23.5 Å². The average Bonchev–Trinajstić information content (AvgIpc) is 2.49. The number of ether oxygens (including phenoxy) is 1. The molecule has 0 unspecified atom stereocenters. The average molecular weight is 308 g/mol. The summed E-state index contributed by atoms with van der Waals surface area (Å²) < 4.78 is 5.06. The Morgan fingerprint density at radius 3 is 2.18 bits per heavy atom. The Hall–Kier alpha value is -2.44. The number of esters is 1. The first-order valence-corrected chi connectivity index (χ1v) is 7.12. The summed E-state index contributed by atoms with van der Waals surface area (Å²) in [6, 6.07) is 5.24. The molecule has 22 heavy (non-hydrogen) atoms. The van der Waals surface area contributed by atoms with Crippen molar-refractivity contribution in [3.05, 3.63) is 39.9 Å². The zero-order valence-electron chi connectivity index (χ0n) is 12.2. The second kappa shape index (κ2) is 9.49. The van der Waals surface area contributed by atoms with Crippen molar-refractivity contribution in [3.8, 4) is 0 Å². The molecule has 0 bridgehead atoms. The third kappa shape index (κ3) is 6.83. The highest BCUT2D eigenvalue weighted by atomic mass is 16.6. The molecule has 0 N–H and O–H groups in total. The first kappa shape index (κ1) is 17.6. The molecule has 1 radical (unpaired) electrons. The number of rotatable bonds is 10. The molecule has 0 saturated heterocycles. The van der Waals surface area contributed by atoms with Gasteiger partial charge in [-0.3, -0.25) is 10.1 Å². The zero-order chi connectivity index (χ0) is 16.4. The SMILES string of the molecule is [O]C(=O)CCCCCCCOC(=O)c1ccc([N+](=O)[O-])cc1. The largest absolute Gasteiger partial charge is 0.462 e. The Morgan fingerprint density at radius 2 is 1.59 bits per heavy atom. The van der Waals surface area contributed by atoms with Gasteiger partial charge in [-0.15, -0.1) is 0 Å². The topological polar surface area (TPSA) is 106 Å². The Labute approximate surface area is 128 Å². The van der Waals surface area contributed by atoms with Crippen molar-refractivity contribution >= 4 is 17.6 Å². The monoisotopic (exact) mass is 308 g/mol. The maximum absolute atomic E-state index is 11.7. The first-order chi connectivity index (χ1) is 10.5. The van der Waals surface area contributed by atoms with E-state index in [0.717, 1.165) is 19.3 Å². The van der Waals surface area contributed by atoms with Crippen LogP contribution in [0.1, 0.15) is 48.9 Å². The number of hydrogen-bond acceptors (Lipinski definition) is 5. The lowest BCUT2D eigenvalue weighted by atomic mass is 10.1. The molecule has 0 amide bonds. The summed E-state index contributed by atoms with van der Waals surface area (Å²) in [6.07, 6.45) is 3.91. The molecule has 119 valence electrons. The molecule has 0 saturated carbocycles. The second-order valence-corrected chi connectivity index (χ2v) is 4.83. The van der Waals surface area contributed by atoms with Crippen LogP contribution in [0.4, 0.5) is 5.69 Å². The first-order valence-electron chi connectivity index (χ1n) is 7.12. The van der Waals surface area contributed by atoms with Crippen LogP contribution in [0, 0.1) is 10.1 Å². The number of nitrogens with zero attached hydrogens (tertiary/aromatic N) is 1. The van der Waals surface area contributed by atoms with E-state index >= 15 is 0 Å². The van der Waals surface area contributed by atoms with Gasteiger partial charge in [-0.1, -0.05) is 19.3 Å². The number of nitro groups is 1. The van der Waals surface area contributed by atoms with Gasteiger partial charge >= 0.3 is 11.9 Å². The third-order valence-electron chi connectivity index (χ3n) is 3.07. The van der Waals surface area contributed by atoms with E-state index < -0.39 is 16.9 Å². The summed E-state index contributed by atoms with van der Waals surface area (Å²) >= 11 is 0. The van der Waals surface area contributed by atoms with Crippen LogP contribution in [-0.2, 0) is 14.6 Å². The van der Waals surface area contributed by atoms with Crippen LogP contribution in [0.15, 0.2) is 24.3 Å². The van der Waals surface area contributed by atoms with Gasteiger partial charge in [0.1, 0.15) is 0 Å². The fraction of sp³-hybridized carbons (Fsp3) is 0.467. The molecule has 0 heterocycles. The van der Waals surface area contributed by atoms with Gasteiger partial charge in [0.25, 0.3) is 5.69 Å². The highest BCUT2D eigenvalue weighted by molar-refractivity contribution is 5.89. The Bertz CT molecular complexity index is 511. The highest BCUT2D eigenvalue weighted by Crippen LogP contribution is 2.13. The van der Waals surface area contributed by atoms with Crippen LogP contribution in [0.2, 0.25) is 0 Å². The van der Waals surface area contributed by atoms with Crippen LogP contribution >= 0.6 is 0 Å². The summed E-state index contributed by atoms with van der Waals surface area (Å²) in [7, 11) is 0. The Kier molecular flexibility index (Phi) is 7.60. The molecule has 1 rings (SSSR count). The van der Waals surface area contributed by atoms with E-state index in [2.05, 4.69) is 0 Å². The molecule has 0 spiro atoms. The van der Waals surface area contributed by atoms with E-state index in [1.807, 2.05) is 0 Å². The molecule has 0 aliphatic carbocycles. The smallest absolute Gasteiger partial charge is 0.355 e. The van der Waals surface area contributed by atoms with Crippen molar-refractivity contribution in [3.63, 3.8) is 0 Å². The van der Waals surface area contributed by atoms with Gasteiger partial charge in [-0.05, 0) is 25.0 Å². The number of hydrogen-bond donors (Lipinski definition) is 0. The summed E-state index contributed by atoms with van der Waals surface area (Å²) in [5, 5.41) is 20.7. The van der Waals surface area contributed by atoms with Crippen molar-refractivity contribution in [2.75, 3.05) is 6.61 Å². The van der Waals surface area contributed by atoms with Crippen molar-refractivity contribution in [2.24, 2.45) is 0 Å². The normalized spacial score (nSPS) is 10.2. The van der Waals surface area contributed by atoms with E-state index in [4.69, 9.17) is 4.74 Å². The molecule has 0 aromatic heterocycles.